The summed E-state index contributed by atoms with van der Waals surface area (Å²) in [7, 11) is 0. The first-order chi connectivity index (χ1) is 71.0. The van der Waals surface area contributed by atoms with Gasteiger partial charge in [0.05, 0.1) is 85.9 Å². The van der Waals surface area contributed by atoms with Gasteiger partial charge in [-0.15, -0.1) is 0 Å². The number of hydrogen-bond donors (Lipinski definition) is 41. The Morgan fingerprint density at radius 2 is 0.367 bits per heavy atom. The minimum absolute atomic E-state index is 0.864. The third kappa shape index (κ3) is 26.5. The van der Waals surface area contributed by atoms with Crippen LogP contribution in [0.25, 0.3) is 0 Å². The van der Waals surface area contributed by atoms with E-state index in [1.807, 2.05) is 0 Å². The molecule has 41 N–H and O–H groups in total. The number of aliphatic hydroxyl groups excluding tert-OH is 39. The number of hydrogen-bond acceptors (Lipinski definition) is 66. The molecule has 13 rings (SSSR count). The van der Waals surface area contributed by atoms with Crippen molar-refractivity contribution in [3.63, 3.8) is 0 Å². The largest absolute Gasteiger partial charge is 0.394 e. The zero-order chi connectivity index (χ0) is 110. The summed E-state index contributed by atoms with van der Waals surface area (Å²) in [6.07, 6.45) is -143. The molecule has 68 nitrogen and oxygen atoms in total. The van der Waals surface area contributed by atoms with Crippen LogP contribution in [0.1, 0.15) is 13.8 Å². The SMILES string of the molecule is CC(=O)N[C@@H]1[C@@H](O)[C@H](O[C@@H]2O[C@H](CO)[C@@H](O[C@@H]3O[C@H](CO[C@H]4O[C@H](CO[C@H]5O[C@H](CO)[C@@H](O)[C@H](O)[C@@H]5O[C@H]5O[C@H](CO)[C@@H](O)[C@H](O)[C@@H]5O)[C@@H](O)[C@H](O[C@H]5O[C@H](CO)[C@@H](O)[C@H](O)[C@@H]5O[C@H]5O[C@H](CO)[C@@H](O)[C@H](O)[C@@H]5O)[C@@H]4O)[C@@H](O)[C@H](O[C@H]4O[C@H](CO[C@H]5O[C@H](CO[C@H]6O[C@H](CO)[C@@H](O)[C@H](O)[C@@H]6O)[C@@H](O)[C@H](O)[C@@H]5O)[C@@H](O)[C@H](O)[C@@H]4O[C@H]4O[C@H](CO)[C@@H](O)[C@H](O)[C@@H]4O[C@H]4O[C@H](CO)[C@@H](O)[C@H](O)[C@@H]4O)[C@@H]3O)[C@H](O)[C@H]2NC(C)=O)[C@@H](CO)O[C@H]1O. The van der Waals surface area contributed by atoms with E-state index in [2.05, 4.69) is 10.6 Å². The molecule has 13 aliphatic heterocycles. The van der Waals surface area contributed by atoms with E-state index in [0.717, 1.165) is 13.8 Å². The highest BCUT2D eigenvalue weighted by Crippen LogP contribution is 2.43. The fraction of sp³-hybridized carbons (Fsp3) is 0.976. The minimum atomic E-state index is -2.86. The Morgan fingerprint density at radius 1 is 0.173 bits per heavy atom. The molecule has 13 saturated heterocycles. The second kappa shape index (κ2) is 53.8. The maximum absolute atomic E-state index is 13.3. The van der Waals surface area contributed by atoms with Gasteiger partial charge in [0.1, 0.15) is 317 Å². The van der Waals surface area contributed by atoms with Gasteiger partial charge in [-0.25, -0.2) is 0 Å². The van der Waals surface area contributed by atoms with Crippen LogP contribution >= 0.6 is 0 Å². The fourth-order valence-electron chi connectivity index (χ4n) is 19.2. The van der Waals surface area contributed by atoms with E-state index >= 15 is 0 Å². The lowest BCUT2D eigenvalue weighted by atomic mass is 9.94. The fourth-order valence-corrected chi connectivity index (χ4v) is 19.2. The summed E-state index contributed by atoms with van der Waals surface area (Å²) in [6, 6.07) is -3.86. The Hall–Kier alpha value is -3.62. The van der Waals surface area contributed by atoms with Crippen LogP contribution in [-0.4, -0.2) is 696 Å². The van der Waals surface area contributed by atoms with Crippen molar-refractivity contribution in [1.29, 1.82) is 0 Å². The lowest BCUT2D eigenvalue weighted by Gasteiger charge is -2.51. The molecule has 0 saturated carbocycles. The Labute approximate surface area is 845 Å². The number of rotatable bonds is 39. The van der Waals surface area contributed by atoms with Gasteiger partial charge >= 0.3 is 0 Å². The number of amides is 2. The van der Waals surface area contributed by atoms with Crippen molar-refractivity contribution >= 4 is 11.8 Å². The van der Waals surface area contributed by atoms with E-state index < -0.39 is 497 Å². The molecule has 0 spiro atoms. The molecule has 13 fully saturated rings. The molecule has 13 heterocycles. The predicted molar refractivity (Wildman–Crippen MR) is 451 cm³/mol. The van der Waals surface area contributed by atoms with Gasteiger partial charge in [-0.05, 0) is 0 Å². The summed E-state index contributed by atoms with van der Waals surface area (Å²) in [5.41, 5.74) is 0. The van der Waals surface area contributed by atoms with E-state index in [0.29, 0.717) is 0 Å². The van der Waals surface area contributed by atoms with Gasteiger partial charge in [0.2, 0.25) is 11.8 Å². The summed E-state index contributed by atoms with van der Waals surface area (Å²) < 4.78 is 148. The quantitative estimate of drug-likeness (QED) is 0.0272. The summed E-state index contributed by atoms with van der Waals surface area (Å²) in [5.74, 6) is -1.92. The second-order valence-corrected chi connectivity index (χ2v) is 38.0. The van der Waals surface area contributed by atoms with Crippen LogP contribution in [-0.2, 0) is 128 Å². The minimum Gasteiger partial charge on any atom is -0.394 e. The Bertz CT molecular complexity index is 4070. The molecule has 0 unspecified atom stereocenters. The summed E-state index contributed by atoms with van der Waals surface area (Å²) in [5, 5.41) is 443. The smallest absolute Gasteiger partial charge is 0.217 e. The van der Waals surface area contributed by atoms with Crippen molar-refractivity contribution in [3.05, 3.63) is 0 Å². The van der Waals surface area contributed by atoms with Crippen LogP contribution in [0, 0.1) is 0 Å². The standard InChI is InChI=1S/C82H138N2O66/c1-16(94)83-31-44(107)62(25(10-92)130-70(31)125)143-71-32(84-17(2)95)45(108)63(26(11-93)138-71)144-78-61(124)65(146-82-69(150-81-68(53(116)39(102)24(9-91)137-81)149-77-59(122)49(112)36(99)21(6-88)134-77)54(117)41(104)28(142-82)13-127-73-56(119)50(113)40(103)27(139-73)12-126-72-55(118)46(109)33(96)18(3-85)131-72)43(106)30(141-78)14-128-74-60(123)64(145-80-67(52(115)38(101)23(8-90)136-80)148-76-58(121)48(111)35(98)20(5-87)133-76)42(105)29(140-74)15-129-79-66(51(114)37(100)22(7-89)135-79)147-75-57(120)47(110)34(97)19(4-86)132-75/h18-82,85-93,96-125H,3-15H2,1-2H3,(H,83,94)(H,84,95)/t18-,19-,20-,21-,22-,23-,24-,25-,26-,27-,28-,29-,30-,31-,32-,33-,34-,35-,36-,37-,38-,39-,40-,41-,42-,43-,44-,45-,46+,47+,48+,49+,50+,51+,52+,53+,54+,55+,56+,57+,58+,59+,60+,61+,62-,63-,64+,65+,66+,67+,68+,69+,70-,71+,72+,73+,74+,75-,76-,77-,78+,79+,80-,81-,82-/m1/s1. The van der Waals surface area contributed by atoms with Crippen LogP contribution in [0.4, 0.5) is 0 Å². The zero-order valence-electron chi connectivity index (χ0n) is 79.2. The van der Waals surface area contributed by atoms with Gasteiger partial charge in [-0.2, -0.15) is 0 Å². The average Bonchev–Trinajstić information content (AvgIpc) is 0.761. The van der Waals surface area contributed by atoms with E-state index in [1.54, 1.807) is 0 Å². The van der Waals surface area contributed by atoms with Crippen molar-refractivity contribution < 1.29 is 327 Å². The average molecular weight is 2210 g/mol. The normalized spacial score (nSPS) is 52.1. The lowest BCUT2D eigenvalue weighted by Crippen LogP contribution is -2.70. The van der Waals surface area contributed by atoms with E-state index in [9.17, 15) is 209 Å². The van der Waals surface area contributed by atoms with Gasteiger partial charge in [0.15, 0.2) is 81.8 Å². The number of carbonyl (C=O) groups excluding carboxylic acids is 2. The van der Waals surface area contributed by atoms with E-state index in [-0.39, 0.29) is 0 Å². The Balaban J connectivity index is 0.885. The third-order valence-electron chi connectivity index (χ3n) is 28.0. The monoisotopic (exact) mass is 2210 g/mol. The highest BCUT2D eigenvalue weighted by Gasteiger charge is 2.64. The molecule has 65 atom stereocenters. The Kier molecular flexibility index (Phi) is 44.2. The lowest BCUT2D eigenvalue weighted by molar-refractivity contribution is -0.410. The van der Waals surface area contributed by atoms with E-state index in [1.165, 1.54) is 0 Å². The molecule has 0 aromatic heterocycles. The molecule has 0 radical (unpaired) electrons. The topological polar surface area (TPSA) is 1080 Å². The number of nitrogens with one attached hydrogen (secondary N) is 2. The molecule has 2 amide bonds. The molecule has 0 aliphatic carbocycles. The van der Waals surface area contributed by atoms with Crippen LogP contribution in [0.3, 0.4) is 0 Å². The molecule has 0 bridgehead atoms. The van der Waals surface area contributed by atoms with Crippen molar-refractivity contribution in [1.82, 2.24) is 10.6 Å². The first-order valence-electron chi connectivity index (χ1n) is 47.7. The molecular formula is C82H138N2O66. The van der Waals surface area contributed by atoms with Gasteiger partial charge < -0.3 is 328 Å². The highest BCUT2D eigenvalue weighted by molar-refractivity contribution is 5.73. The number of aliphatic hydroxyl groups is 39. The maximum atomic E-state index is 13.3. The first-order valence-corrected chi connectivity index (χ1v) is 47.7. The van der Waals surface area contributed by atoms with Crippen molar-refractivity contribution in [3.8, 4) is 0 Å². The molecule has 13 aliphatic rings. The Morgan fingerprint density at radius 3 is 0.707 bits per heavy atom. The summed E-state index contributed by atoms with van der Waals surface area (Å²) in [6.45, 7) is -13.6. The summed E-state index contributed by atoms with van der Waals surface area (Å²) in [4.78, 5) is 25.7. The molecule has 0 aromatic rings. The number of ether oxygens (including phenoxy) is 25. The zero-order valence-corrected chi connectivity index (χ0v) is 79.2. The van der Waals surface area contributed by atoms with Gasteiger partial charge in [-0.1, -0.05) is 0 Å². The van der Waals surface area contributed by atoms with Crippen LogP contribution in [0.15, 0.2) is 0 Å². The van der Waals surface area contributed by atoms with Gasteiger partial charge in [0, 0.05) is 13.8 Å². The van der Waals surface area contributed by atoms with Crippen LogP contribution in [0.2, 0.25) is 0 Å². The maximum Gasteiger partial charge on any atom is 0.217 e. The third-order valence-corrected chi connectivity index (χ3v) is 28.0. The van der Waals surface area contributed by atoms with Crippen molar-refractivity contribution in [2.75, 3.05) is 85.9 Å². The first kappa shape index (κ1) is 123. The molecule has 872 valence electrons. The van der Waals surface area contributed by atoms with Crippen LogP contribution in [0.5, 0.6) is 0 Å². The number of carbonyl (C=O) groups is 2. The van der Waals surface area contributed by atoms with Crippen LogP contribution < -0.4 is 10.6 Å². The molecule has 68 heteroatoms. The molecule has 150 heavy (non-hydrogen) atoms. The second-order valence-electron chi connectivity index (χ2n) is 38.0. The highest BCUT2D eigenvalue weighted by atomic mass is 16.8. The van der Waals surface area contributed by atoms with E-state index in [4.69, 9.17) is 118 Å². The molecule has 0 aromatic carbocycles. The summed E-state index contributed by atoms with van der Waals surface area (Å²) >= 11 is 0. The van der Waals surface area contributed by atoms with Crippen molar-refractivity contribution in [2.24, 2.45) is 0 Å². The van der Waals surface area contributed by atoms with Gasteiger partial charge in [-0.3, -0.25) is 9.59 Å². The predicted octanol–water partition coefficient (Wildman–Crippen LogP) is -29.0. The van der Waals surface area contributed by atoms with Crippen molar-refractivity contribution in [2.45, 2.75) is 413 Å². The molecular weight excluding hydrogens is 2070 g/mol. The van der Waals surface area contributed by atoms with Gasteiger partial charge in [0.25, 0.3) is 0 Å².